The zero-order valence-electron chi connectivity index (χ0n) is 12.3. The second-order valence-corrected chi connectivity index (χ2v) is 5.71. The van der Waals surface area contributed by atoms with Crippen molar-refractivity contribution in [2.75, 3.05) is 12.0 Å². The van der Waals surface area contributed by atoms with E-state index >= 15 is 0 Å². The predicted molar refractivity (Wildman–Crippen MR) is 82.8 cm³/mol. The lowest BCUT2D eigenvalue weighted by Crippen LogP contribution is -2.48. The number of nitrogens with zero attached hydrogens (tertiary/aromatic N) is 3. The van der Waals surface area contributed by atoms with Gasteiger partial charge < -0.3 is 4.74 Å². The van der Waals surface area contributed by atoms with Crippen molar-refractivity contribution in [3.8, 4) is 5.75 Å². The van der Waals surface area contributed by atoms with Crippen molar-refractivity contribution in [3.63, 3.8) is 0 Å². The largest absolute Gasteiger partial charge is 0.497 e. The number of hydrogen-bond acceptors (Lipinski definition) is 4. The molecule has 0 spiro atoms. The highest BCUT2D eigenvalue weighted by molar-refractivity contribution is 6.06. The van der Waals surface area contributed by atoms with Gasteiger partial charge in [-0.05, 0) is 29.8 Å². The van der Waals surface area contributed by atoms with E-state index in [1.54, 1.807) is 24.4 Å². The average Bonchev–Trinajstić information content (AvgIpc) is 2.51. The van der Waals surface area contributed by atoms with Crippen molar-refractivity contribution in [1.82, 2.24) is 0 Å². The van der Waals surface area contributed by atoms with Gasteiger partial charge in [-0.3, -0.25) is 9.69 Å². The fraction of sp³-hybridized carbons (Fsp3) is 0.312. The van der Waals surface area contributed by atoms with E-state index < -0.39 is 5.41 Å². The van der Waals surface area contributed by atoms with Crippen LogP contribution in [-0.2, 0) is 4.79 Å². The second-order valence-electron chi connectivity index (χ2n) is 5.71. The first kappa shape index (κ1) is 13.5. The van der Waals surface area contributed by atoms with Crippen molar-refractivity contribution < 1.29 is 9.53 Å². The lowest BCUT2D eigenvalue weighted by atomic mass is 9.72. The van der Waals surface area contributed by atoms with Gasteiger partial charge in [0.15, 0.2) is 0 Å². The first-order valence-electron chi connectivity index (χ1n) is 6.80. The molecule has 0 aliphatic carbocycles. The molecule has 2 aliphatic heterocycles. The Morgan fingerprint density at radius 2 is 1.90 bits per heavy atom. The minimum Gasteiger partial charge on any atom is -0.497 e. The molecule has 0 radical (unpaired) electrons. The summed E-state index contributed by atoms with van der Waals surface area (Å²) in [6, 6.07) is 7.43. The molecule has 0 aromatic heterocycles. The highest BCUT2D eigenvalue weighted by Gasteiger charge is 2.44. The molecule has 5 nitrogen and oxygen atoms in total. The molecule has 5 heteroatoms. The maximum absolute atomic E-state index is 12.8. The first-order valence-corrected chi connectivity index (χ1v) is 6.80. The fourth-order valence-electron chi connectivity index (χ4n) is 2.67. The van der Waals surface area contributed by atoms with Gasteiger partial charge in [0.1, 0.15) is 5.75 Å². The van der Waals surface area contributed by atoms with E-state index in [4.69, 9.17) is 4.74 Å². The van der Waals surface area contributed by atoms with Crippen molar-refractivity contribution in [3.05, 3.63) is 36.0 Å². The van der Waals surface area contributed by atoms with Crippen LogP contribution in [0, 0.1) is 11.3 Å². The van der Waals surface area contributed by atoms with Crippen LogP contribution >= 0.6 is 0 Å². The minimum atomic E-state index is -0.556. The summed E-state index contributed by atoms with van der Waals surface area (Å²) in [6.07, 6.45) is 5.30. The summed E-state index contributed by atoms with van der Waals surface area (Å²) in [7, 11) is 1.62. The molecule has 0 N–H and O–H groups in total. The number of methoxy groups -OCH3 is 1. The summed E-state index contributed by atoms with van der Waals surface area (Å²) in [5.74, 6) is 0.777. The van der Waals surface area contributed by atoms with Crippen molar-refractivity contribution in [1.29, 1.82) is 0 Å². The first-order chi connectivity index (χ1) is 10.0. The Balaban J connectivity index is 2.04. The number of hydrogen-bond donors (Lipinski definition) is 0. The molecule has 1 aromatic rings. The number of carbonyl (C=O) groups excluding carboxylic acids is 1. The number of rotatable bonds is 2. The topological polar surface area (TPSA) is 54.3 Å². The van der Waals surface area contributed by atoms with Gasteiger partial charge in [-0.2, -0.15) is 10.2 Å². The molecular weight excluding hydrogens is 266 g/mol. The number of amides is 1. The third kappa shape index (κ3) is 2.14. The van der Waals surface area contributed by atoms with Gasteiger partial charge in [-0.1, -0.05) is 13.8 Å². The third-order valence-electron chi connectivity index (χ3n) is 4.02. The number of allylic oxidation sites excluding steroid dienone is 1. The zero-order chi connectivity index (χ0) is 15.0. The predicted octanol–water partition coefficient (Wildman–Crippen LogP) is 2.64. The molecular formula is C16H17N3O2. The quantitative estimate of drug-likeness (QED) is 0.837. The smallest absolute Gasteiger partial charge is 0.237 e. The lowest BCUT2D eigenvalue weighted by molar-refractivity contribution is -0.127. The van der Waals surface area contributed by atoms with Gasteiger partial charge in [-0.15, -0.1) is 0 Å². The van der Waals surface area contributed by atoms with Crippen molar-refractivity contribution in [2.45, 2.75) is 13.8 Å². The summed E-state index contributed by atoms with van der Waals surface area (Å²) >= 11 is 0. The number of benzene rings is 1. The van der Waals surface area contributed by atoms with Crippen LogP contribution in [-0.4, -0.2) is 25.4 Å². The van der Waals surface area contributed by atoms with Gasteiger partial charge in [0.2, 0.25) is 5.91 Å². The van der Waals surface area contributed by atoms with Gasteiger partial charge in [0, 0.05) is 24.0 Å². The highest BCUT2D eigenvalue weighted by Crippen LogP contribution is 2.40. The summed E-state index contributed by atoms with van der Waals surface area (Å²) in [6.45, 7) is 3.88. The van der Waals surface area contributed by atoms with E-state index in [2.05, 4.69) is 10.2 Å². The summed E-state index contributed by atoms with van der Waals surface area (Å²) in [4.78, 5) is 14.5. The summed E-state index contributed by atoms with van der Waals surface area (Å²) < 4.78 is 5.15. The number of ether oxygens (including phenoxy) is 1. The maximum atomic E-state index is 12.8. The average molecular weight is 283 g/mol. The van der Waals surface area contributed by atoms with Crippen molar-refractivity contribution in [2.24, 2.45) is 21.5 Å². The van der Waals surface area contributed by atoms with E-state index in [1.165, 1.54) is 0 Å². The molecule has 0 fully saturated rings. The number of fused-ring (bicyclic) bond motifs is 1. The molecule has 21 heavy (non-hydrogen) atoms. The van der Waals surface area contributed by atoms with Crippen molar-refractivity contribution >= 4 is 24.0 Å². The monoisotopic (exact) mass is 283 g/mol. The standard InChI is InChI=1S/C16H17N3O2/c1-16(2)14-9-18-17-8-11(14)10-19(15(16)20)12-4-6-13(21-3)7-5-12/h4-10,14H,1-3H3. The van der Waals surface area contributed by atoms with Crippen LogP contribution in [0.3, 0.4) is 0 Å². The summed E-state index contributed by atoms with van der Waals surface area (Å²) in [5.41, 5.74) is 1.25. The van der Waals surface area contributed by atoms with Crippen LogP contribution in [0.25, 0.3) is 0 Å². The fourth-order valence-corrected chi connectivity index (χ4v) is 2.67. The second kappa shape index (κ2) is 4.84. The highest BCUT2D eigenvalue weighted by atomic mass is 16.5. The molecule has 108 valence electrons. The molecule has 2 aliphatic rings. The van der Waals surface area contributed by atoms with E-state index in [0.29, 0.717) is 0 Å². The Kier molecular flexibility index (Phi) is 3.12. The maximum Gasteiger partial charge on any atom is 0.237 e. The Morgan fingerprint density at radius 3 is 2.57 bits per heavy atom. The van der Waals surface area contributed by atoms with Crippen LogP contribution in [0.4, 0.5) is 5.69 Å². The van der Waals surface area contributed by atoms with Gasteiger partial charge in [-0.25, -0.2) is 0 Å². The summed E-state index contributed by atoms with van der Waals surface area (Å²) in [5, 5.41) is 7.85. The van der Waals surface area contributed by atoms with Crippen LogP contribution in [0.1, 0.15) is 13.8 Å². The Bertz CT molecular complexity index is 657. The Hall–Kier alpha value is -2.43. The SMILES string of the molecule is COc1ccc(N2C=C3C=NN=CC3C(C)(C)C2=O)cc1. The van der Waals surface area contributed by atoms with Crippen LogP contribution in [0.15, 0.2) is 46.2 Å². The molecule has 1 atom stereocenters. The number of anilines is 1. The molecule has 1 amide bonds. The van der Waals surface area contributed by atoms with E-state index in [1.807, 2.05) is 44.3 Å². The van der Waals surface area contributed by atoms with E-state index in [9.17, 15) is 4.79 Å². The molecule has 1 unspecified atom stereocenters. The normalized spacial score (nSPS) is 22.8. The molecule has 2 heterocycles. The Labute approximate surface area is 123 Å². The third-order valence-corrected chi connectivity index (χ3v) is 4.02. The van der Waals surface area contributed by atoms with Crippen LogP contribution < -0.4 is 9.64 Å². The molecule has 0 bridgehead atoms. The van der Waals surface area contributed by atoms with Crippen LogP contribution in [0.5, 0.6) is 5.75 Å². The van der Waals surface area contributed by atoms with Gasteiger partial charge >= 0.3 is 0 Å². The molecule has 0 saturated heterocycles. The molecule has 1 aromatic carbocycles. The minimum absolute atomic E-state index is 0.0306. The Morgan fingerprint density at radius 1 is 1.19 bits per heavy atom. The van der Waals surface area contributed by atoms with E-state index in [0.717, 1.165) is 17.0 Å². The molecule has 3 rings (SSSR count). The lowest BCUT2D eigenvalue weighted by Gasteiger charge is -2.40. The number of carbonyl (C=O) groups is 1. The zero-order valence-corrected chi connectivity index (χ0v) is 12.3. The van der Waals surface area contributed by atoms with Crippen LogP contribution in [0.2, 0.25) is 0 Å². The molecule has 0 saturated carbocycles. The van der Waals surface area contributed by atoms with Gasteiger partial charge in [0.25, 0.3) is 0 Å². The van der Waals surface area contributed by atoms with E-state index in [-0.39, 0.29) is 11.8 Å². The van der Waals surface area contributed by atoms with Gasteiger partial charge in [0.05, 0.1) is 18.7 Å².